The van der Waals surface area contributed by atoms with Gasteiger partial charge >= 0.3 is 0 Å². The van der Waals surface area contributed by atoms with Crippen LogP contribution in [-0.2, 0) is 12.0 Å². The molecular formula is C13H24ClN3S. The summed E-state index contributed by atoms with van der Waals surface area (Å²) in [6, 6.07) is 0. The lowest BCUT2D eigenvalue weighted by Gasteiger charge is -2.18. The fourth-order valence-corrected chi connectivity index (χ4v) is 2.60. The Balaban J connectivity index is 2.44. The fourth-order valence-electron chi connectivity index (χ4n) is 1.91. The van der Waals surface area contributed by atoms with Crippen molar-refractivity contribution in [3.63, 3.8) is 0 Å². The Kier molecular flexibility index (Phi) is 6.50. The molecule has 0 saturated heterocycles. The minimum Gasteiger partial charge on any atom is -0.301 e. The van der Waals surface area contributed by atoms with Crippen LogP contribution in [0.4, 0.5) is 0 Å². The molecule has 0 aliphatic heterocycles. The van der Waals surface area contributed by atoms with Gasteiger partial charge in [0.2, 0.25) is 5.28 Å². The molecule has 18 heavy (non-hydrogen) atoms. The molecule has 0 saturated carbocycles. The molecule has 0 aliphatic rings. The van der Waals surface area contributed by atoms with Gasteiger partial charge in [-0.05, 0) is 36.5 Å². The van der Waals surface area contributed by atoms with E-state index in [0.717, 1.165) is 18.8 Å². The van der Waals surface area contributed by atoms with Crippen LogP contribution in [0.1, 0.15) is 52.3 Å². The third kappa shape index (κ3) is 4.81. The van der Waals surface area contributed by atoms with Gasteiger partial charge in [0.25, 0.3) is 0 Å². The molecule has 0 amide bonds. The summed E-state index contributed by atoms with van der Waals surface area (Å²) in [4.78, 5) is 0. The van der Waals surface area contributed by atoms with E-state index in [1.807, 2.05) is 11.8 Å². The van der Waals surface area contributed by atoms with Crippen molar-refractivity contribution in [1.82, 2.24) is 14.8 Å². The maximum Gasteiger partial charge on any atom is 0.225 e. The monoisotopic (exact) mass is 289 g/mol. The SMILES string of the molecule is CSCCCCCCn1c(Cl)nnc1C(C)(C)C. The van der Waals surface area contributed by atoms with Crippen LogP contribution in [-0.4, -0.2) is 26.8 Å². The molecule has 0 unspecified atom stereocenters. The molecule has 5 heteroatoms. The molecule has 0 atom stereocenters. The summed E-state index contributed by atoms with van der Waals surface area (Å²) in [5.41, 5.74) is -0.00100. The summed E-state index contributed by atoms with van der Waals surface area (Å²) in [6.45, 7) is 7.35. The van der Waals surface area contributed by atoms with Gasteiger partial charge in [-0.15, -0.1) is 10.2 Å². The first-order valence-corrected chi connectivity index (χ1v) is 8.32. The average Bonchev–Trinajstić information content (AvgIpc) is 2.65. The van der Waals surface area contributed by atoms with E-state index in [1.165, 1.54) is 25.0 Å². The number of rotatable bonds is 7. The summed E-state index contributed by atoms with van der Waals surface area (Å²) in [6.07, 6.45) is 7.16. The fraction of sp³-hybridized carbons (Fsp3) is 0.846. The lowest BCUT2D eigenvalue weighted by Crippen LogP contribution is -2.19. The highest BCUT2D eigenvalue weighted by Gasteiger charge is 2.22. The second kappa shape index (κ2) is 7.39. The van der Waals surface area contributed by atoms with Crippen LogP contribution in [0.2, 0.25) is 5.28 Å². The van der Waals surface area contributed by atoms with Crippen molar-refractivity contribution in [1.29, 1.82) is 0 Å². The van der Waals surface area contributed by atoms with Crippen LogP contribution < -0.4 is 0 Å². The van der Waals surface area contributed by atoms with Crippen molar-refractivity contribution in [2.24, 2.45) is 0 Å². The van der Waals surface area contributed by atoms with Crippen LogP contribution >= 0.6 is 23.4 Å². The predicted molar refractivity (Wildman–Crippen MR) is 80.6 cm³/mol. The van der Waals surface area contributed by atoms with E-state index in [9.17, 15) is 0 Å². The topological polar surface area (TPSA) is 30.7 Å². The lowest BCUT2D eigenvalue weighted by atomic mass is 9.95. The van der Waals surface area contributed by atoms with Crippen molar-refractivity contribution in [2.45, 2.75) is 58.4 Å². The van der Waals surface area contributed by atoms with Gasteiger partial charge in [0.1, 0.15) is 5.82 Å². The normalized spacial score (nSPS) is 12.1. The van der Waals surface area contributed by atoms with Gasteiger partial charge in [-0.2, -0.15) is 11.8 Å². The molecule has 0 aromatic carbocycles. The Morgan fingerprint density at radius 2 is 1.78 bits per heavy atom. The molecule has 1 aromatic rings. The van der Waals surface area contributed by atoms with Gasteiger partial charge < -0.3 is 4.57 Å². The zero-order valence-electron chi connectivity index (χ0n) is 11.9. The van der Waals surface area contributed by atoms with Crippen LogP contribution in [0.3, 0.4) is 0 Å². The van der Waals surface area contributed by atoms with Crippen molar-refractivity contribution in [2.75, 3.05) is 12.0 Å². The highest BCUT2D eigenvalue weighted by Crippen LogP contribution is 2.23. The Morgan fingerprint density at radius 1 is 1.11 bits per heavy atom. The molecule has 0 aliphatic carbocycles. The summed E-state index contributed by atoms with van der Waals surface area (Å²) < 4.78 is 2.05. The molecule has 0 spiro atoms. The van der Waals surface area contributed by atoms with E-state index in [2.05, 4.69) is 41.8 Å². The van der Waals surface area contributed by atoms with Gasteiger partial charge in [-0.1, -0.05) is 33.6 Å². The third-order valence-electron chi connectivity index (χ3n) is 2.86. The number of thioether (sulfide) groups is 1. The van der Waals surface area contributed by atoms with E-state index >= 15 is 0 Å². The molecule has 1 aromatic heterocycles. The minimum atomic E-state index is -0.00100. The Hall–Kier alpha value is -0.220. The number of hydrogen-bond donors (Lipinski definition) is 0. The molecule has 0 N–H and O–H groups in total. The predicted octanol–water partition coefficient (Wildman–Crippen LogP) is 4.15. The first kappa shape index (κ1) is 15.8. The van der Waals surface area contributed by atoms with Gasteiger partial charge in [0.05, 0.1) is 0 Å². The van der Waals surface area contributed by atoms with Gasteiger partial charge in [0.15, 0.2) is 0 Å². The van der Waals surface area contributed by atoms with Gasteiger partial charge in [-0.3, -0.25) is 0 Å². The molecule has 1 rings (SSSR count). The van der Waals surface area contributed by atoms with E-state index in [4.69, 9.17) is 11.6 Å². The maximum atomic E-state index is 6.10. The zero-order valence-corrected chi connectivity index (χ0v) is 13.4. The summed E-state index contributed by atoms with van der Waals surface area (Å²) >= 11 is 8.02. The van der Waals surface area contributed by atoms with Gasteiger partial charge in [0, 0.05) is 12.0 Å². The molecule has 1 heterocycles. The van der Waals surface area contributed by atoms with Crippen molar-refractivity contribution in [3.05, 3.63) is 11.1 Å². The highest BCUT2D eigenvalue weighted by molar-refractivity contribution is 7.98. The van der Waals surface area contributed by atoms with Crippen molar-refractivity contribution < 1.29 is 0 Å². The number of hydrogen-bond acceptors (Lipinski definition) is 3. The third-order valence-corrected chi connectivity index (χ3v) is 3.83. The quantitative estimate of drug-likeness (QED) is 0.707. The maximum absolute atomic E-state index is 6.10. The second-order valence-corrected chi connectivity index (χ2v) is 6.92. The van der Waals surface area contributed by atoms with E-state index in [-0.39, 0.29) is 5.41 Å². The molecule has 0 radical (unpaired) electrons. The van der Waals surface area contributed by atoms with Crippen LogP contribution in [0.5, 0.6) is 0 Å². The molecule has 0 fully saturated rings. The second-order valence-electron chi connectivity index (χ2n) is 5.60. The summed E-state index contributed by atoms with van der Waals surface area (Å²) in [5.74, 6) is 2.25. The zero-order chi connectivity index (χ0) is 13.6. The van der Waals surface area contributed by atoms with E-state index in [1.54, 1.807) is 0 Å². The summed E-state index contributed by atoms with van der Waals surface area (Å²) in [5, 5.41) is 8.70. The molecule has 3 nitrogen and oxygen atoms in total. The number of halogens is 1. The van der Waals surface area contributed by atoms with Crippen LogP contribution in [0.25, 0.3) is 0 Å². The largest absolute Gasteiger partial charge is 0.301 e. The standard InChI is InChI=1S/C13H24ClN3S/c1-13(2,3)11-15-16-12(14)17(11)9-7-5-6-8-10-18-4/h5-10H2,1-4H3. The molecular weight excluding hydrogens is 266 g/mol. The van der Waals surface area contributed by atoms with Crippen molar-refractivity contribution >= 4 is 23.4 Å². The van der Waals surface area contributed by atoms with Crippen LogP contribution in [0, 0.1) is 0 Å². The first-order chi connectivity index (χ1) is 8.46. The van der Waals surface area contributed by atoms with Gasteiger partial charge in [-0.25, -0.2) is 0 Å². The van der Waals surface area contributed by atoms with E-state index < -0.39 is 0 Å². The number of aromatic nitrogens is 3. The summed E-state index contributed by atoms with van der Waals surface area (Å²) in [7, 11) is 0. The number of nitrogens with zero attached hydrogens (tertiary/aromatic N) is 3. The first-order valence-electron chi connectivity index (χ1n) is 6.55. The Labute approximate surface area is 120 Å². The average molecular weight is 290 g/mol. The lowest BCUT2D eigenvalue weighted by molar-refractivity contribution is 0.481. The smallest absolute Gasteiger partial charge is 0.225 e. The molecule has 104 valence electrons. The van der Waals surface area contributed by atoms with Crippen LogP contribution in [0.15, 0.2) is 0 Å². The Morgan fingerprint density at radius 3 is 2.39 bits per heavy atom. The Bertz CT molecular complexity index is 358. The van der Waals surface area contributed by atoms with Crippen molar-refractivity contribution in [3.8, 4) is 0 Å². The number of unbranched alkanes of at least 4 members (excludes halogenated alkanes) is 3. The highest BCUT2D eigenvalue weighted by atomic mass is 35.5. The van der Waals surface area contributed by atoms with E-state index in [0.29, 0.717) is 5.28 Å². The minimum absolute atomic E-state index is 0.00100. The molecule has 0 bridgehead atoms.